The van der Waals surface area contributed by atoms with Crippen LogP contribution in [-0.4, -0.2) is 24.2 Å². The molecule has 0 saturated carbocycles. The smallest absolute Gasteiger partial charge is 0.138 e. The summed E-state index contributed by atoms with van der Waals surface area (Å²) in [5.41, 5.74) is 0.532. The van der Waals surface area contributed by atoms with Crippen LogP contribution in [0.2, 0.25) is 0 Å². The molecular weight excluding hydrogens is 178 g/mol. The van der Waals surface area contributed by atoms with Crippen molar-refractivity contribution in [3.05, 3.63) is 24.0 Å². The normalized spacial score (nSPS) is 19.5. The zero-order valence-corrected chi connectivity index (χ0v) is 7.73. The standard InChI is InChI=1S/C10H11N3O/c11-4-8-3-10(6-12-5-8)14-7-9-1-2-13-9/h3,5-6,9,13H,1-2,7H2. The molecule has 1 atom stereocenters. The van der Waals surface area contributed by atoms with Crippen LogP contribution in [0.3, 0.4) is 0 Å². The molecule has 0 aliphatic carbocycles. The molecule has 1 aliphatic heterocycles. The zero-order chi connectivity index (χ0) is 9.80. The van der Waals surface area contributed by atoms with Crippen molar-refractivity contribution in [3.8, 4) is 11.8 Å². The Labute approximate surface area is 82.5 Å². The molecule has 1 aromatic heterocycles. The second-order valence-corrected chi connectivity index (χ2v) is 3.27. The SMILES string of the molecule is N#Cc1cncc(OCC2CCN2)c1. The third kappa shape index (κ3) is 2.01. The Bertz CT molecular complexity index is 355. The van der Waals surface area contributed by atoms with Gasteiger partial charge in [0.2, 0.25) is 0 Å². The predicted molar refractivity (Wildman–Crippen MR) is 50.9 cm³/mol. The topological polar surface area (TPSA) is 57.9 Å². The van der Waals surface area contributed by atoms with Gasteiger partial charge in [-0.3, -0.25) is 4.98 Å². The Hall–Kier alpha value is -1.60. The lowest BCUT2D eigenvalue weighted by molar-refractivity contribution is 0.217. The fourth-order valence-corrected chi connectivity index (χ4v) is 1.25. The van der Waals surface area contributed by atoms with E-state index in [0.717, 1.165) is 13.0 Å². The van der Waals surface area contributed by atoms with E-state index in [0.29, 0.717) is 24.0 Å². The summed E-state index contributed by atoms with van der Waals surface area (Å²) in [5, 5.41) is 11.9. The first kappa shape index (κ1) is 8.97. The van der Waals surface area contributed by atoms with Crippen molar-refractivity contribution in [2.24, 2.45) is 0 Å². The number of nitriles is 1. The van der Waals surface area contributed by atoms with Crippen molar-refractivity contribution < 1.29 is 4.74 Å². The molecule has 4 heteroatoms. The minimum Gasteiger partial charge on any atom is -0.490 e. The molecule has 1 fully saturated rings. The average molecular weight is 189 g/mol. The molecular formula is C10H11N3O. The fourth-order valence-electron chi connectivity index (χ4n) is 1.25. The van der Waals surface area contributed by atoms with E-state index in [4.69, 9.17) is 10.00 Å². The van der Waals surface area contributed by atoms with E-state index in [-0.39, 0.29) is 0 Å². The predicted octanol–water partition coefficient (Wildman–Crippen LogP) is 0.694. The van der Waals surface area contributed by atoms with Gasteiger partial charge in [0.1, 0.15) is 18.4 Å². The molecule has 1 N–H and O–H groups in total. The third-order valence-corrected chi connectivity index (χ3v) is 2.22. The maximum atomic E-state index is 8.64. The number of nitrogens with zero attached hydrogens (tertiary/aromatic N) is 2. The Morgan fingerprint density at radius 2 is 2.50 bits per heavy atom. The molecule has 1 unspecified atom stereocenters. The van der Waals surface area contributed by atoms with Crippen molar-refractivity contribution in [2.75, 3.05) is 13.2 Å². The second-order valence-electron chi connectivity index (χ2n) is 3.27. The van der Waals surface area contributed by atoms with Crippen LogP contribution in [0.15, 0.2) is 18.5 Å². The summed E-state index contributed by atoms with van der Waals surface area (Å²) in [7, 11) is 0. The molecule has 1 aromatic rings. The van der Waals surface area contributed by atoms with Gasteiger partial charge in [-0.25, -0.2) is 0 Å². The van der Waals surface area contributed by atoms with Crippen molar-refractivity contribution in [2.45, 2.75) is 12.5 Å². The largest absolute Gasteiger partial charge is 0.490 e. The summed E-state index contributed by atoms with van der Waals surface area (Å²) < 4.78 is 5.48. The monoisotopic (exact) mass is 189 g/mol. The van der Waals surface area contributed by atoms with Gasteiger partial charge >= 0.3 is 0 Å². The van der Waals surface area contributed by atoms with Gasteiger partial charge in [0, 0.05) is 18.3 Å². The first-order chi connectivity index (χ1) is 6.88. The number of rotatable bonds is 3. The first-order valence-corrected chi connectivity index (χ1v) is 4.60. The van der Waals surface area contributed by atoms with Crippen molar-refractivity contribution in [1.29, 1.82) is 5.26 Å². The number of pyridine rings is 1. The van der Waals surface area contributed by atoms with Gasteiger partial charge in [0.05, 0.1) is 11.8 Å². The van der Waals surface area contributed by atoms with Crippen LogP contribution in [0.4, 0.5) is 0 Å². The minimum atomic E-state index is 0.459. The lowest BCUT2D eigenvalue weighted by Crippen LogP contribution is -2.46. The molecule has 0 aromatic carbocycles. The van der Waals surface area contributed by atoms with E-state index in [1.807, 2.05) is 6.07 Å². The molecule has 14 heavy (non-hydrogen) atoms. The number of ether oxygens (including phenoxy) is 1. The molecule has 4 nitrogen and oxygen atoms in total. The summed E-state index contributed by atoms with van der Waals surface area (Å²) in [5.74, 6) is 0.665. The summed E-state index contributed by atoms with van der Waals surface area (Å²) in [6.45, 7) is 1.72. The quantitative estimate of drug-likeness (QED) is 0.760. The van der Waals surface area contributed by atoms with Gasteiger partial charge < -0.3 is 10.1 Å². The maximum absolute atomic E-state index is 8.64. The van der Waals surface area contributed by atoms with Crippen LogP contribution in [0.25, 0.3) is 0 Å². The van der Waals surface area contributed by atoms with Gasteiger partial charge in [-0.15, -0.1) is 0 Å². The summed E-state index contributed by atoms with van der Waals surface area (Å²) in [4.78, 5) is 3.91. The number of aromatic nitrogens is 1. The summed E-state index contributed by atoms with van der Waals surface area (Å²) in [6.07, 6.45) is 4.30. The van der Waals surface area contributed by atoms with E-state index < -0.39 is 0 Å². The van der Waals surface area contributed by atoms with Crippen LogP contribution < -0.4 is 10.1 Å². The molecule has 0 spiro atoms. The van der Waals surface area contributed by atoms with Crippen LogP contribution in [0, 0.1) is 11.3 Å². The number of hydrogen-bond donors (Lipinski definition) is 1. The highest BCUT2D eigenvalue weighted by Gasteiger charge is 2.16. The van der Waals surface area contributed by atoms with Crippen LogP contribution >= 0.6 is 0 Å². The lowest BCUT2D eigenvalue weighted by Gasteiger charge is -2.27. The Morgan fingerprint density at radius 3 is 3.14 bits per heavy atom. The molecule has 0 amide bonds. The second kappa shape index (κ2) is 4.07. The van der Waals surface area contributed by atoms with Gasteiger partial charge in [-0.2, -0.15) is 5.26 Å². The Morgan fingerprint density at radius 1 is 1.64 bits per heavy atom. The highest BCUT2D eigenvalue weighted by Crippen LogP contribution is 2.12. The maximum Gasteiger partial charge on any atom is 0.138 e. The summed E-state index contributed by atoms with van der Waals surface area (Å²) in [6, 6.07) is 4.18. The highest BCUT2D eigenvalue weighted by molar-refractivity contribution is 5.32. The highest BCUT2D eigenvalue weighted by atomic mass is 16.5. The van der Waals surface area contributed by atoms with Gasteiger partial charge in [-0.1, -0.05) is 0 Å². The molecule has 1 saturated heterocycles. The first-order valence-electron chi connectivity index (χ1n) is 4.60. The lowest BCUT2D eigenvalue weighted by atomic mass is 10.1. The number of hydrogen-bond acceptors (Lipinski definition) is 4. The van der Waals surface area contributed by atoms with E-state index >= 15 is 0 Å². The minimum absolute atomic E-state index is 0.459. The van der Waals surface area contributed by atoms with Crippen LogP contribution in [-0.2, 0) is 0 Å². The van der Waals surface area contributed by atoms with Crippen LogP contribution in [0.1, 0.15) is 12.0 Å². The molecule has 72 valence electrons. The molecule has 0 bridgehead atoms. The van der Waals surface area contributed by atoms with Crippen molar-refractivity contribution >= 4 is 0 Å². The Balaban J connectivity index is 1.91. The average Bonchev–Trinajstić information content (AvgIpc) is 2.16. The molecule has 1 aliphatic rings. The van der Waals surface area contributed by atoms with Gasteiger partial charge in [-0.05, 0) is 13.0 Å². The third-order valence-electron chi connectivity index (χ3n) is 2.22. The van der Waals surface area contributed by atoms with Crippen LogP contribution in [0.5, 0.6) is 5.75 Å². The van der Waals surface area contributed by atoms with E-state index in [2.05, 4.69) is 10.3 Å². The fraction of sp³-hybridized carbons (Fsp3) is 0.400. The molecule has 2 rings (SSSR count). The zero-order valence-electron chi connectivity index (χ0n) is 7.73. The number of nitrogens with one attached hydrogen (secondary N) is 1. The molecule has 2 heterocycles. The van der Waals surface area contributed by atoms with E-state index in [1.54, 1.807) is 12.3 Å². The van der Waals surface area contributed by atoms with E-state index in [1.165, 1.54) is 6.20 Å². The summed E-state index contributed by atoms with van der Waals surface area (Å²) >= 11 is 0. The van der Waals surface area contributed by atoms with Crippen molar-refractivity contribution in [1.82, 2.24) is 10.3 Å². The Kier molecular flexibility index (Phi) is 2.61. The van der Waals surface area contributed by atoms with Crippen molar-refractivity contribution in [3.63, 3.8) is 0 Å². The molecule has 0 radical (unpaired) electrons. The van der Waals surface area contributed by atoms with Gasteiger partial charge in [0.15, 0.2) is 0 Å². The van der Waals surface area contributed by atoms with E-state index in [9.17, 15) is 0 Å². The van der Waals surface area contributed by atoms with Gasteiger partial charge in [0.25, 0.3) is 0 Å².